The van der Waals surface area contributed by atoms with Crippen LogP contribution in [-0.4, -0.2) is 22.8 Å². The normalized spacial score (nSPS) is 18.4. The van der Waals surface area contributed by atoms with Gasteiger partial charge < -0.3 is 8.85 Å². The van der Waals surface area contributed by atoms with Gasteiger partial charge in [0.1, 0.15) is 0 Å². The van der Waals surface area contributed by atoms with Crippen molar-refractivity contribution >= 4 is 8.56 Å². The van der Waals surface area contributed by atoms with Crippen molar-refractivity contribution in [3.63, 3.8) is 0 Å². The van der Waals surface area contributed by atoms with Crippen LogP contribution in [0.3, 0.4) is 0 Å². The van der Waals surface area contributed by atoms with Crippen molar-refractivity contribution in [1.29, 1.82) is 0 Å². The standard InChI is InChI=1S/C11H20O2Si/c1-5-11(10-8-6-7-9-10)14(4,12-2)13-3/h6,8-9,11H,5,7H2,1-4H3. The Balaban J connectivity index is 2.84. The second-order valence-electron chi connectivity index (χ2n) is 3.73. The van der Waals surface area contributed by atoms with Crippen molar-refractivity contribution in [1.82, 2.24) is 0 Å². The highest BCUT2D eigenvalue weighted by Crippen LogP contribution is 2.36. The van der Waals surface area contributed by atoms with Gasteiger partial charge in [0.05, 0.1) is 0 Å². The summed E-state index contributed by atoms with van der Waals surface area (Å²) in [6.07, 6.45) is 8.82. The highest BCUT2D eigenvalue weighted by Gasteiger charge is 2.39. The third-order valence-electron chi connectivity index (χ3n) is 3.05. The van der Waals surface area contributed by atoms with E-state index >= 15 is 0 Å². The molecule has 0 aromatic rings. The Hall–Kier alpha value is -0.383. The summed E-state index contributed by atoms with van der Waals surface area (Å²) in [6.45, 7) is 4.33. The summed E-state index contributed by atoms with van der Waals surface area (Å²) in [6, 6.07) is 0. The van der Waals surface area contributed by atoms with Crippen LogP contribution in [0.1, 0.15) is 19.8 Å². The van der Waals surface area contributed by atoms with Crippen LogP contribution in [0.2, 0.25) is 12.1 Å². The van der Waals surface area contributed by atoms with E-state index < -0.39 is 8.56 Å². The largest absolute Gasteiger partial charge is 0.397 e. The van der Waals surface area contributed by atoms with Crippen molar-refractivity contribution in [2.75, 3.05) is 14.2 Å². The molecule has 0 aromatic carbocycles. The van der Waals surface area contributed by atoms with Crippen LogP contribution in [0.5, 0.6) is 0 Å². The second kappa shape index (κ2) is 4.91. The van der Waals surface area contributed by atoms with Crippen LogP contribution >= 0.6 is 0 Å². The van der Waals surface area contributed by atoms with Gasteiger partial charge in [-0.15, -0.1) is 0 Å². The lowest BCUT2D eigenvalue weighted by Gasteiger charge is -2.31. The van der Waals surface area contributed by atoms with E-state index in [9.17, 15) is 0 Å². The van der Waals surface area contributed by atoms with E-state index in [0.29, 0.717) is 5.54 Å². The molecule has 1 aliphatic carbocycles. The number of hydrogen-bond donors (Lipinski definition) is 0. The smallest absolute Gasteiger partial charge is 0.342 e. The Morgan fingerprint density at radius 1 is 1.43 bits per heavy atom. The van der Waals surface area contributed by atoms with Gasteiger partial charge >= 0.3 is 8.56 Å². The fourth-order valence-electron chi connectivity index (χ4n) is 2.01. The first kappa shape index (κ1) is 11.7. The molecule has 0 aromatic heterocycles. The highest BCUT2D eigenvalue weighted by atomic mass is 28.4. The molecule has 1 unspecified atom stereocenters. The van der Waals surface area contributed by atoms with E-state index in [-0.39, 0.29) is 0 Å². The van der Waals surface area contributed by atoms with Gasteiger partial charge in [-0.1, -0.05) is 25.2 Å². The Morgan fingerprint density at radius 3 is 2.43 bits per heavy atom. The van der Waals surface area contributed by atoms with Gasteiger partial charge in [-0.2, -0.15) is 0 Å². The quantitative estimate of drug-likeness (QED) is 0.652. The average molecular weight is 212 g/mol. The average Bonchev–Trinajstić information content (AvgIpc) is 2.72. The van der Waals surface area contributed by atoms with Gasteiger partial charge in [-0.3, -0.25) is 0 Å². The molecule has 0 spiro atoms. The molecule has 80 valence electrons. The third kappa shape index (κ3) is 2.16. The van der Waals surface area contributed by atoms with Gasteiger partial charge in [0, 0.05) is 19.8 Å². The first-order chi connectivity index (χ1) is 6.68. The predicted molar refractivity (Wildman–Crippen MR) is 61.5 cm³/mol. The Kier molecular flexibility index (Phi) is 4.10. The van der Waals surface area contributed by atoms with Crippen molar-refractivity contribution in [3.8, 4) is 0 Å². The molecule has 0 N–H and O–H groups in total. The van der Waals surface area contributed by atoms with Gasteiger partial charge in [-0.25, -0.2) is 0 Å². The van der Waals surface area contributed by atoms with E-state index in [2.05, 4.69) is 31.7 Å². The monoisotopic (exact) mass is 212 g/mol. The van der Waals surface area contributed by atoms with E-state index in [1.54, 1.807) is 14.2 Å². The molecule has 0 aliphatic heterocycles. The maximum absolute atomic E-state index is 5.59. The minimum Gasteiger partial charge on any atom is -0.397 e. The summed E-state index contributed by atoms with van der Waals surface area (Å²) in [5.74, 6) is 0. The van der Waals surface area contributed by atoms with Crippen LogP contribution in [0.15, 0.2) is 23.8 Å². The van der Waals surface area contributed by atoms with Gasteiger partial charge in [0.25, 0.3) is 0 Å². The maximum Gasteiger partial charge on any atom is 0.342 e. The second-order valence-corrected chi connectivity index (χ2v) is 7.27. The van der Waals surface area contributed by atoms with E-state index in [4.69, 9.17) is 8.85 Å². The Labute approximate surface area is 87.9 Å². The fraction of sp³-hybridized carbons (Fsp3) is 0.636. The molecule has 0 heterocycles. The molecular weight excluding hydrogens is 192 g/mol. The van der Waals surface area contributed by atoms with Crippen molar-refractivity contribution in [2.24, 2.45) is 0 Å². The number of allylic oxidation sites excluding steroid dienone is 4. The molecule has 0 bridgehead atoms. The SMILES string of the molecule is CCC(C1=CCC=C1)[Si](C)(OC)OC. The molecule has 1 atom stereocenters. The molecule has 0 radical (unpaired) electrons. The fourth-order valence-corrected chi connectivity index (χ4v) is 4.31. The minimum absolute atomic E-state index is 0.455. The van der Waals surface area contributed by atoms with E-state index in [1.807, 2.05) is 0 Å². The summed E-state index contributed by atoms with van der Waals surface area (Å²) >= 11 is 0. The first-order valence-corrected chi connectivity index (χ1v) is 7.54. The molecule has 1 aliphatic rings. The first-order valence-electron chi connectivity index (χ1n) is 5.14. The third-order valence-corrected chi connectivity index (χ3v) is 6.68. The zero-order valence-corrected chi connectivity index (χ0v) is 10.5. The lowest BCUT2D eigenvalue weighted by molar-refractivity contribution is 0.240. The van der Waals surface area contributed by atoms with Crippen LogP contribution < -0.4 is 0 Å². The highest BCUT2D eigenvalue weighted by molar-refractivity contribution is 6.68. The van der Waals surface area contributed by atoms with Gasteiger partial charge in [-0.05, 0) is 25.0 Å². The maximum atomic E-state index is 5.59. The summed E-state index contributed by atoms with van der Waals surface area (Å²) in [4.78, 5) is 0. The number of rotatable bonds is 5. The molecule has 14 heavy (non-hydrogen) atoms. The summed E-state index contributed by atoms with van der Waals surface area (Å²) in [7, 11) is 1.51. The summed E-state index contributed by atoms with van der Waals surface area (Å²) in [5.41, 5.74) is 1.85. The minimum atomic E-state index is -2.01. The van der Waals surface area contributed by atoms with Crippen molar-refractivity contribution in [3.05, 3.63) is 23.8 Å². The molecule has 1 rings (SSSR count). The molecule has 0 saturated carbocycles. The topological polar surface area (TPSA) is 18.5 Å². The van der Waals surface area contributed by atoms with Gasteiger partial charge in [0.2, 0.25) is 0 Å². The van der Waals surface area contributed by atoms with Crippen molar-refractivity contribution < 1.29 is 8.85 Å². The van der Waals surface area contributed by atoms with Crippen LogP contribution in [-0.2, 0) is 8.85 Å². The zero-order valence-electron chi connectivity index (χ0n) is 9.54. The molecule has 0 saturated heterocycles. The zero-order chi connectivity index (χ0) is 10.6. The number of hydrogen-bond acceptors (Lipinski definition) is 2. The lowest BCUT2D eigenvalue weighted by atomic mass is 10.1. The molecule has 0 fully saturated rings. The van der Waals surface area contributed by atoms with Gasteiger partial charge in [0.15, 0.2) is 0 Å². The van der Waals surface area contributed by atoms with Crippen LogP contribution in [0, 0.1) is 0 Å². The summed E-state index contributed by atoms with van der Waals surface area (Å²) < 4.78 is 11.2. The molecule has 2 nitrogen and oxygen atoms in total. The molecule has 0 amide bonds. The summed E-state index contributed by atoms with van der Waals surface area (Å²) in [5, 5.41) is 0. The van der Waals surface area contributed by atoms with E-state index in [1.165, 1.54) is 5.57 Å². The lowest BCUT2D eigenvalue weighted by Crippen LogP contribution is -2.42. The molecule has 3 heteroatoms. The molecular formula is C11H20O2Si. The van der Waals surface area contributed by atoms with Crippen LogP contribution in [0.4, 0.5) is 0 Å². The van der Waals surface area contributed by atoms with Crippen molar-refractivity contribution in [2.45, 2.75) is 31.9 Å². The van der Waals surface area contributed by atoms with Crippen LogP contribution in [0.25, 0.3) is 0 Å². The van der Waals surface area contributed by atoms with E-state index in [0.717, 1.165) is 12.8 Å². The predicted octanol–water partition coefficient (Wildman–Crippen LogP) is 3.02. The Morgan fingerprint density at radius 2 is 2.07 bits per heavy atom. The Bertz CT molecular complexity index is 242.